The van der Waals surface area contributed by atoms with Gasteiger partial charge in [0.25, 0.3) is 11.8 Å². The van der Waals surface area contributed by atoms with Crippen LogP contribution in [0.5, 0.6) is 5.75 Å². The maximum absolute atomic E-state index is 14.1. The smallest absolute Gasteiger partial charge is 0.254 e. The zero-order chi connectivity index (χ0) is 35.4. The Balaban J connectivity index is 1.18. The standard InChI is InChI=1S/C39H45ClN8O3/c1-4-26-22-46(23(2)34(26)41)39(50)29-16-30-35(32(18-29)51-3)48(21-25-10-14-45(15-11-25)38(49)28-9-13-42-33(40)19-28)37(44-30)31-17-27-6-5-12-43-36(27)47(31)20-24-7-8-24/h5-6,9,12-13,16-19,23-26,34H,4,7-8,10-11,14-15,20-22,41H2,1-3H3. The lowest BCUT2D eigenvalue weighted by atomic mass is 9.96. The highest BCUT2D eigenvalue weighted by Crippen LogP contribution is 2.39. The first-order valence-electron chi connectivity index (χ1n) is 18.2. The number of methoxy groups -OCH3 is 1. The van der Waals surface area contributed by atoms with E-state index >= 15 is 0 Å². The lowest BCUT2D eigenvalue weighted by molar-refractivity contribution is 0.0682. The molecular formula is C39H45ClN8O3. The topological polar surface area (TPSA) is 124 Å². The monoisotopic (exact) mass is 708 g/mol. The molecule has 2 saturated heterocycles. The summed E-state index contributed by atoms with van der Waals surface area (Å²) < 4.78 is 10.7. The average molecular weight is 709 g/mol. The van der Waals surface area contributed by atoms with Crippen LogP contribution in [0.25, 0.3) is 33.6 Å². The molecule has 11 nitrogen and oxygen atoms in total. The maximum Gasteiger partial charge on any atom is 0.254 e. The molecular weight excluding hydrogens is 664 g/mol. The van der Waals surface area contributed by atoms with E-state index in [-0.39, 0.29) is 35.7 Å². The molecule has 6 heterocycles. The van der Waals surface area contributed by atoms with E-state index in [2.05, 4.69) is 33.2 Å². The average Bonchev–Trinajstić information content (AvgIpc) is 3.71. The van der Waals surface area contributed by atoms with Gasteiger partial charge in [0, 0.05) is 73.7 Å². The van der Waals surface area contributed by atoms with Crippen LogP contribution in [0.4, 0.5) is 0 Å². The number of fused-ring (bicyclic) bond motifs is 2. The summed E-state index contributed by atoms with van der Waals surface area (Å²) >= 11 is 6.09. The van der Waals surface area contributed by atoms with E-state index in [0.29, 0.717) is 59.6 Å². The van der Waals surface area contributed by atoms with Crippen molar-refractivity contribution in [2.75, 3.05) is 26.7 Å². The largest absolute Gasteiger partial charge is 0.494 e. The molecule has 2 amide bonds. The highest BCUT2D eigenvalue weighted by molar-refractivity contribution is 6.29. The second kappa shape index (κ2) is 13.6. The summed E-state index contributed by atoms with van der Waals surface area (Å²) in [7, 11) is 1.66. The molecule has 0 radical (unpaired) electrons. The fraction of sp³-hybridized carbons (Fsp3) is 0.462. The number of carbonyl (C=O) groups is 2. The molecule has 0 spiro atoms. The Labute approximate surface area is 302 Å². The minimum absolute atomic E-state index is 0.0268. The van der Waals surface area contributed by atoms with E-state index in [4.69, 9.17) is 32.0 Å². The predicted molar refractivity (Wildman–Crippen MR) is 198 cm³/mol. The summed E-state index contributed by atoms with van der Waals surface area (Å²) in [6.45, 7) is 7.66. The van der Waals surface area contributed by atoms with Gasteiger partial charge in [-0.3, -0.25) is 9.59 Å². The van der Waals surface area contributed by atoms with Crippen molar-refractivity contribution in [2.24, 2.45) is 23.5 Å². The van der Waals surface area contributed by atoms with Crippen molar-refractivity contribution in [3.8, 4) is 17.3 Å². The van der Waals surface area contributed by atoms with E-state index in [1.54, 1.807) is 25.4 Å². The van der Waals surface area contributed by atoms with E-state index in [9.17, 15) is 9.59 Å². The van der Waals surface area contributed by atoms with Gasteiger partial charge in [-0.2, -0.15) is 0 Å². The van der Waals surface area contributed by atoms with E-state index in [0.717, 1.165) is 53.9 Å². The van der Waals surface area contributed by atoms with Crippen LogP contribution in [0, 0.1) is 17.8 Å². The number of hydrogen-bond donors (Lipinski definition) is 1. The van der Waals surface area contributed by atoms with Crippen LogP contribution in [0.1, 0.15) is 66.7 Å². The van der Waals surface area contributed by atoms with Crippen LogP contribution in [-0.2, 0) is 13.1 Å². The van der Waals surface area contributed by atoms with Gasteiger partial charge in [0.1, 0.15) is 22.1 Å². The number of amides is 2. The summed E-state index contributed by atoms with van der Waals surface area (Å²) in [5.74, 6) is 2.55. The molecule has 266 valence electrons. The van der Waals surface area contributed by atoms with Crippen LogP contribution in [0.2, 0.25) is 5.15 Å². The third-order valence-electron chi connectivity index (χ3n) is 11.4. The third-order valence-corrected chi connectivity index (χ3v) is 11.6. The number of nitrogens with two attached hydrogens (primary N) is 1. The number of imidazole rings is 1. The van der Waals surface area contributed by atoms with Gasteiger partial charge in [-0.05, 0) is 92.8 Å². The molecule has 1 aliphatic carbocycles. The zero-order valence-corrected chi connectivity index (χ0v) is 30.2. The summed E-state index contributed by atoms with van der Waals surface area (Å²) in [6, 6.07) is 13.3. The second-order valence-corrected chi connectivity index (χ2v) is 15.0. The molecule has 51 heavy (non-hydrogen) atoms. The van der Waals surface area contributed by atoms with Crippen LogP contribution in [-0.4, -0.2) is 84.5 Å². The quantitative estimate of drug-likeness (QED) is 0.179. The van der Waals surface area contributed by atoms with Gasteiger partial charge in [-0.1, -0.05) is 24.9 Å². The Morgan fingerprint density at radius 3 is 2.41 bits per heavy atom. The predicted octanol–water partition coefficient (Wildman–Crippen LogP) is 6.27. The molecule has 4 aromatic heterocycles. The fourth-order valence-electron chi connectivity index (χ4n) is 8.17. The number of aromatic nitrogens is 5. The van der Waals surface area contributed by atoms with Crippen LogP contribution in [0.3, 0.4) is 0 Å². The maximum atomic E-state index is 14.1. The van der Waals surface area contributed by atoms with Crippen molar-refractivity contribution in [1.82, 2.24) is 33.9 Å². The van der Waals surface area contributed by atoms with Crippen molar-refractivity contribution in [3.05, 3.63) is 71.1 Å². The van der Waals surface area contributed by atoms with Crippen LogP contribution >= 0.6 is 11.6 Å². The Morgan fingerprint density at radius 2 is 1.71 bits per heavy atom. The Kier molecular flexibility index (Phi) is 8.96. The van der Waals surface area contributed by atoms with Crippen molar-refractivity contribution in [3.63, 3.8) is 0 Å². The van der Waals surface area contributed by atoms with Gasteiger partial charge < -0.3 is 29.4 Å². The highest BCUT2D eigenvalue weighted by Gasteiger charge is 2.39. The first-order chi connectivity index (χ1) is 24.7. The van der Waals surface area contributed by atoms with Crippen LogP contribution < -0.4 is 10.5 Å². The van der Waals surface area contributed by atoms with Gasteiger partial charge in [0.2, 0.25) is 0 Å². The number of nitrogens with zero attached hydrogens (tertiary/aromatic N) is 7. The van der Waals surface area contributed by atoms with Crippen molar-refractivity contribution in [2.45, 2.75) is 71.1 Å². The molecule has 8 rings (SSSR count). The van der Waals surface area contributed by atoms with Gasteiger partial charge >= 0.3 is 0 Å². The molecule has 3 unspecified atom stereocenters. The normalized spacial score (nSPS) is 21.2. The van der Waals surface area contributed by atoms with Gasteiger partial charge in [0.15, 0.2) is 5.82 Å². The lowest BCUT2D eigenvalue weighted by Gasteiger charge is -2.32. The number of hydrogen-bond acceptors (Lipinski definition) is 7. The first-order valence-corrected chi connectivity index (χ1v) is 18.6. The molecule has 3 aliphatic rings. The number of piperidine rings is 1. The van der Waals surface area contributed by atoms with Crippen molar-refractivity contribution < 1.29 is 14.3 Å². The number of carbonyl (C=O) groups excluding carboxylic acids is 2. The van der Waals surface area contributed by atoms with Gasteiger partial charge in [-0.25, -0.2) is 15.0 Å². The highest BCUT2D eigenvalue weighted by atomic mass is 35.5. The van der Waals surface area contributed by atoms with Gasteiger partial charge in [-0.15, -0.1) is 0 Å². The van der Waals surface area contributed by atoms with Crippen molar-refractivity contribution >= 4 is 45.5 Å². The Hall–Kier alpha value is -4.48. The van der Waals surface area contributed by atoms with Crippen molar-refractivity contribution in [1.29, 1.82) is 0 Å². The van der Waals surface area contributed by atoms with E-state index in [1.165, 1.54) is 12.8 Å². The summed E-state index contributed by atoms with van der Waals surface area (Å²) in [6.07, 6.45) is 8.44. The number of pyridine rings is 2. The van der Waals surface area contributed by atoms with Crippen LogP contribution in [0.15, 0.2) is 54.9 Å². The Bertz CT molecular complexity index is 2110. The molecule has 2 aliphatic heterocycles. The first kappa shape index (κ1) is 33.7. The SMILES string of the molecule is CCC1CN(C(=O)c2cc(OC)c3c(c2)nc(-c2cc4cccnc4n2CC2CC2)n3CC2CCN(C(=O)c3ccnc(Cl)c3)CC2)C(C)C1N. The number of ether oxygens (including phenoxy) is 1. The molecule has 1 aromatic carbocycles. The molecule has 5 aromatic rings. The molecule has 1 saturated carbocycles. The number of rotatable bonds is 9. The molecule has 3 atom stereocenters. The Morgan fingerprint density at radius 1 is 0.941 bits per heavy atom. The summed E-state index contributed by atoms with van der Waals surface area (Å²) in [5, 5.41) is 1.38. The molecule has 2 N–H and O–H groups in total. The third kappa shape index (κ3) is 6.24. The summed E-state index contributed by atoms with van der Waals surface area (Å²) in [5.41, 5.74) is 11.2. The number of halogens is 1. The zero-order valence-electron chi connectivity index (χ0n) is 29.5. The van der Waals surface area contributed by atoms with E-state index in [1.807, 2.05) is 41.1 Å². The number of benzene rings is 1. The molecule has 12 heteroatoms. The lowest BCUT2D eigenvalue weighted by Crippen LogP contribution is -2.41. The van der Waals surface area contributed by atoms with E-state index < -0.39 is 0 Å². The van der Waals surface area contributed by atoms with Gasteiger partial charge in [0.05, 0.1) is 18.3 Å². The second-order valence-electron chi connectivity index (χ2n) is 14.6. The molecule has 3 fully saturated rings. The fourth-order valence-corrected chi connectivity index (χ4v) is 8.34. The minimum atomic E-state index is -0.0591. The minimum Gasteiger partial charge on any atom is -0.494 e. The summed E-state index contributed by atoms with van der Waals surface area (Å²) in [4.78, 5) is 45.3. The molecule has 0 bridgehead atoms. The number of likely N-dealkylation sites (tertiary alicyclic amines) is 2.